The zero-order chi connectivity index (χ0) is 18.1. The molecule has 4 aromatic rings. The van der Waals surface area contributed by atoms with Crippen LogP contribution >= 0.6 is 11.6 Å². The van der Waals surface area contributed by atoms with Crippen LogP contribution in [0.2, 0.25) is 5.02 Å². The quantitative estimate of drug-likeness (QED) is 0.576. The molecule has 0 radical (unpaired) electrons. The summed E-state index contributed by atoms with van der Waals surface area (Å²) >= 11 is 5.92. The van der Waals surface area contributed by atoms with Crippen molar-refractivity contribution in [3.05, 3.63) is 65.9 Å². The lowest BCUT2D eigenvalue weighted by molar-refractivity contribution is 0.780. The highest BCUT2D eigenvalue weighted by Gasteiger charge is 2.09. The second-order valence-electron chi connectivity index (χ2n) is 5.98. The number of halogens is 1. The number of nitrogens with zero attached hydrogens (tertiary/aromatic N) is 5. The second kappa shape index (κ2) is 6.65. The average Bonchev–Trinajstić information content (AvgIpc) is 3.02. The van der Waals surface area contributed by atoms with Crippen LogP contribution < -0.4 is 10.2 Å². The Labute approximate surface area is 156 Å². The van der Waals surface area contributed by atoms with Crippen LogP contribution in [0, 0.1) is 0 Å². The molecule has 0 aliphatic carbocycles. The largest absolute Gasteiger partial charge is 0.329 e. The van der Waals surface area contributed by atoms with Crippen LogP contribution in [0.5, 0.6) is 0 Å². The lowest BCUT2D eigenvalue weighted by Gasteiger charge is -2.18. The van der Waals surface area contributed by atoms with Crippen molar-refractivity contribution in [2.75, 3.05) is 17.3 Å². The molecule has 0 spiro atoms. The topological polar surface area (TPSA) is 58.9 Å². The lowest BCUT2D eigenvalue weighted by Crippen LogP contribution is -2.12. The van der Waals surface area contributed by atoms with E-state index in [-0.39, 0.29) is 0 Å². The molecule has 4 rings (SSSR count). The Hall–Kier alpha value is -3.12. The van der Waals surface area contributed by atoms with Gasteiger partial charge >= 0.3 is 0 Å². The van der Waals surface area contributed by atoms with Crippen LogP contribution in [-0.4, -0.2) is 26.8 Å². The predicted octanol–water partition coefficient (Wildman–Crippen LogP) is 4.53. The van der Waals surface area contributed by atoms with Gasteiger partial charge in [-0.3, -0.25) is 4.68 Å². The van der Waals surface area contributed by atoms with Crippen molar-refractivity contribution in [3.8, 4) is 0 Å². The number of anilines is 4. The van der Waals surface area contributed by atoms with Crippen LogP contribution in [0.3, 0.4) is 0 Å². The molecule has 2 aromatic carbocycles. The molecule has 2 aromatic heterocycles. The molecule has 0 atom stereocenters. The number of rotatable bonds is 4. The Balaban J connectivity index is 1.60. The van der Waals surface area contributed by atoms with E-state index in [2.05, 4.69) is 32.5 Å². The van der Waals surface area contributed by atoms with E-state index in [0.29, 0.717) is 11.0 Å². The molecular weight excluding hydrogens is 348 g/mol. The van der Waals surface area contributed by atoms with Gasteiger partial charge in [0.05, 0.1) is 5.52 Å². The van der Waals surface area contributed by atoms with E-state index in [9.17, 15) is 0 Å². The number of fused-ring (bicyclic) bond motifs is 1. The van der Waals surface area contributed by atoms with Gasteiger partial charge < -0.3 is 10.2 Å². The average molecular weight is 365 g/mol. The molecule has 1 N–H and O–H groups in total. The summed E-state index contributed by atoms with van der Waals surface area (Å²) in [6.07, 6.45) is 3.73. The lowest BCUT2D eigenvalue weighted by atomic mass is 10.2. The van der Waals surface area contributed by atoms with Gasteiger partial charge in [-0.2, -0.15) is 10.1 Å². The van der Waals surface area contributed by atoms with Gasteiger partial charge in [-0.05, 0) is 48.5 Å². The molecule has 130 valence electrons. The van der Waals surface area contributed by atoms with Crippen molar-refractivity contribution in [2.24, 2.45) is 7.05 Å². The zero-order valence-corrected chi connectivity index (χ0v) is 15.1. The third kappa shape index (κ3) is 3.32. The highest BCUT2D eigenvalue weighted by Crippen LogP contribution is 2.26. The summed E-state index contributed by atoms with van der Waals surface area (Å²) < 4.78 is 1.81. The first-order valence-corrected chi connectivity index (χ1v) is 8.49. The van der Waals surface area contributed by atoms with Crippen molar-refractivity contribution in [1.29, 1.82) is 0 Å². The van der Waals surface area contributed by atoms with Crippen molar-refractivity contribution in [2.45, 2.75) is 0 Å². The van der Waals surface area contributed by atoms with E-state index in [4.69, 9.17) is 11.6 Å². The van der Waals surface area contributed by atoms with Crippen LogP contribution in [0.25, 0.3) is 10.9 Å². The summed E-state index contributed by atoms with van der Waals surface area (Å²) in [5.41, 5.74) is 2.84. The first kappa shape index (κ1) is 16.4. The Bertz CT molecular complexity index is 1060. The van der Waals surface area contributed by atoms with E-state index in [0.717, 1.165) is 28.1 Å². The standard InChI is InChI=1S/C19H17ClN6/c1-25-12-13-3-8-16(11-17(13)24-25)26(2)18-9-10-21-19(23-18)22-15-6-4-14(20)5-7-15/h3-12H,1-2H3,(H,21,22,23). The zero-order valence-electron chi connectivity index (χ0n) is 14.4. The van der Waals surface area contributed by atoms with Gasteiger partial charge in [-0.25, -0.2) is 4.98 Å². The molecule has 0 saturated heterocycles. The summed E-state index contributed by atoms with van der Waals surface area (Å²) in [6, 6.07) is 15.4. The number of benzene rings is 2. The molecule has 0 aliphatic rings. The number of hydrogen-bond donors (Lipinski definition) is 1. The van der Waals surface area contributed by atoms with Gasteiger partial charge in [0, 0.05) is 48.3 Å². The highest BCUT2D eigenvalue weighted by atomic mass is 35.5. The minimum atomic E-state index is 0.524. The van der Waals surface area contributed by atoms with E-state index in [1.807, 2.05) is 66.3 Å². The fraction of sp³-hybridized carbons (Fsp3) is 0.105. The molecule has 0 amide bonds. The molecule has 6 nitrogen and oxygen atoms in total. The molecule has 0 saturated carbocycles. The number of hydrogen-bond acceptors (Lipinski definition) is 5. The van der Waals surface area contributed by atoms with E-state index in [1.54, 1.807) is 6.20 Å². The maximum absolute atomic E-state index is 5.92. The fourth-order valence-corrected chi connectivity index (χ4v) is 2.85. The van der Waals surface area contributed by atoms with Gasteiger partial charge in [0.2, 0.25) is 5.95 Å². The monoisotopic (exact) mass is 364 g/mol. The van der Waals surface area contributed by atoms with E-state index >= 15 is 0 Å². The smallest absolute Gasteiger partial charge is 0.229 e. The Kier molecular flexibility index (Phi) is 4.18. The van der Waals surface area contributed by atoms with Gasteiger partial charge in [0.25, 0.3) is 0 Å². The van der Waals surface area contributed by atoms with Crippen LogP contribution in [-0.2, 0) is 7.05 Å². The maximum atomic E-state index is 5.92. The van der Waals surface area contributed by atoms with Crippen molar-refractivity contribution >= 4 is 45.6 Å². The minimum absolute atomic E-state index is 0.524. The summed E-state index contributed by atoms with van der Waals surface area (Å²) in [6.45, 7) is 0. The molecular formula is C19H17ClN6. The molecule has 0 bridgehead atoms. The first-order chi connectivity index (χ1) is 12.6. The summed E-state index contributed by atoms with van der Waals surface area (Å²) in [4.78, 5) is 10.9. The number of nitrogens with one attached hydrogen (secondary N) is 1. The molecule has 0 aliphatic heterocycles. The van der Waals surface area contributed by atoms with E-state index in [1.165, 1.54) is 0 Å². The Morgan fingerprint density at radius 2 is 1.88 bits per heavy atom. The molecule has 7 heteroatoms. The van der Waals surface area contributed by atoms with Gasteiger partial charge in [0.1, 0.15) is 5.82 Å². The van der Waals surface area contributed by atoms with Crippen molar-refractivity contribution < 1.29 is 0 Å². The predicted molar refractivity (Wildman–Crippen MR) is 106 cm³/mol. The molecule has 26 heavy (non-hydrogen) atoms. The first-order valence-electron chi connectivity index (χ1n) is 8.11. The number of aryl methyl sites for hydroxylation is 1. The SMILES string of the molecule is CN(c1ccc2cn(C)nc2c1)c1ccnc(Nc2ccc(Cl)cc2)n1. The Morgan fingerprint density at radius 3 is 2.69 bits per heavy atom. The summed E-state index contributed by atoms with van der Waals surface area (Å²) in [7, 11) is 3.89. The van der Waals surface area contributed by atoms with Gasteiger partial charge in [-0.1, -0.05) is 11.6 Å². The van der Waals surface area contributed by atoms with E-state index < -0.39 is 0 Å². The summed E-state index contributed by atoms with van der Waals surface area (Å²) in [5, 5.41) is 9.45. The van der Waals surface area contributed by atoms with Gasteiger partial charge in [0.15, 0.2) is 0 Å². The van der Waals surface area contributed by atoms with Crippen molar-refractivity contribution in [3.63, 3.8) is 0 Å². The third-order valence-corrected chi connectivity index (χ3v) is 4.33. The molecule has 0 unspecified atom stereocenters. The normalized spacial score (nSPS) is 10.9. The third-order valence-electron chi connectivity index (χ3n) is 4.08. The second-order valence-corrected chi connectivity index (χ2v) is 6.41. The molecule has 0 fully saturated rings. The molecule has 2 heterocycles. The highest BCUT2D eigenvalue weighted by molar-refractivity contribution is 6.30. The van der Waals surface area contributed by atoms with Crippen LogP contribution in [0.1, 0.15) is 0 Å². The Morgan fingerprint density at radius 1 is 1.08 bits per heavy atom. The van der Waals surface area contributed by atoms with Crippen LogP contribution in [0.4, 0.5) is 23.1 Å². The summed E-state index contributed by atoms with van der Waals surface area (Å²) in [5.74, 6) is 1.31. The van der Waals surface area contributed by atoms with Crippen molar-refractivity contribution in [1.82, 2.24) is 19.7 Å². The number of aromatic nitrogens is 4. The van der Waals surface area contributed by atoms with Crippen LogP contribution in [0.15, 0.2) is 60.9 Å². The maximum Gasteiger partial charge on any atom is 0.229 e. The minimum Gasteiger partial charge on any atom is -0.329 e. The fourth-order valence-electron chi connectivity index (χ4n) is 2.73. The van der Waals surface area contributed by atoms with Gasteiger partial charge in [-0.15, -0.1) is 0 Å².